The first-order chi connectivity index (χ1) is 8.27. The van der Waals surface area contributed by atoms with Crippen LogP contribution in [-0.4, -0.2) is 17.6 Å². The number of nitrogens with zero attached hydrogens (tertiary/aromatic N) is 2. The molecule has 0 saturated heterocycles. The number of hydrogen-bond donors (Lipinski definition) is 0. The van der Waals surface area contributed by atoms with Crippen LogP contribution in [0.3, 0.4) is 0 Å². The molecular formula is C13H18ClFN2. The van der Waals surface area contributed by atoms with E-state index in [1.807, 2.05) is 6.92 Å². The summed E-state index contributed by atoms with van der Waals surface area (Å²) in [4.78, 5) is 6.28. The van der Waals surface area contributed by atoms with Crippen LogP contribution in [0.25, 0.3) is 0 Å². The first-order valence-corrected chi connectivity index (χ1v) is 6.77. The normalized spacial score (nSPS) is 16.4. The summed E-state index contributed by atoms with van der Waals surface area (Å²) in [5, 5.41) is 0. The third kappa shape index (κ3) is 2.54. The molecule has 0 aromatic carbocycles. The molecule has 0 bridgehead atoms. The third-order valence-electron chi connectivity index (χ3n) is 3.47. The molecule has 94 valence electrons. The zero-order chi connectivity index (χ0) is 12.3. The molecule has 1 saturated carbocycles. The second-order valence-electron chi connectivity index (χ2n) is 4.47. The molecule has 0 aliphatic heterocycles. The van der Waals surface area contributed by atoms with Crippen molar-refractivity contribution in [2.75, 3.05) is 11.4 Å². The van der Waals surface area contributed by atoms with Crippen molar-refractivity contribution in [2.24, 2.45) is 0 Å². The maximum Gasteiger partial charge on any atom is 0.170 e. The molecule has 0 amide bonds. The maximum absolute atomic E-state index is 14.2. The zero-order valence-corrected chi connectivity index (χ0v) is 10.9. The highest BCUT2D eigenvalue weighted by atomic mass is 35.5. The van der Waals surface area contributed by atoms with Gasteiger partial charge in [-0.3, -0.25) is 0 Å². The Kier molecular flexibility index (Phi) is 4.21. The first kappa shape index (κ1) is 12.6. The van der Waals surface area contributed by atoms with E-state index in [9.17, 15) is 4.39 Å². The second-order valence-corrected chi connectivity index (χ2v) is 4.73. The molecule has 4 heteroatoms. The number of rotatable bonds is 4. The average Bonchev–Trinajstić information content (AvgIpc) is 2.86. The van der Waals surface area contributed by atoms with Crippen LogP contribution in [0.4, 0.5) is 10.2 Å². The largest absolute Gasteiger partial charge is 0.351 e. The highest BCUT2D eigenvalue weighted by Gasteiger charge is 2.25. The van der Waals surface area contributed by atoms with Crippen LogP contribution in [0, 0.1) is 5.82 Å². The Morgan fingerprint density at radius 2 is 2.18 bits per heavy atom. The lowest BCUT2D eigenvalue weighted by Crippen LogP contribution is -2.34. The highest BCUT2D eigenvalue weighted by Crippen LogP contribution is 2.29. The van der Waals surface area contributed by atoms with Gasteiger partial charge in [0.15, 0.2) is 11.6 Å². The predicted molar refractivity (Wildman–Crippen MR) is 69.0 cm³/mol. The fraction of sp³-hybridized carbons (Fsp3) is 0.615. The summed E-state index contributed by atoms with van der Waals surface area (Å²) in [5.74, 6) is 0.414. The van der Waals surface area contributed by atoms with Gasteiger partial charge in [0.2, 0.25) is 0 Å². The van der Waals surface area contributed by atoms with E-state index in [-0.39, 0.29) is 11.7 Å². The minimum Gasteiger partial charge on any atom is -0.351 e. The van der Waals surface area contributed by atoms with E-state index in [0.29, 0.717) is 17.4 Å². The molecule has 2 nitrogen and oxygen atoms in total. The predicted octanol–water partition coefficient (Wildman–Crippen LogP) is 3.73. The lowest BCUT2D eigenvalue weighted by Gasteiger charge is -2.29. The van der Waals surface area contributed by atoms with E-state index in [4.69, 9.17) is 11.6 Å². The maximum atomic E-state index is 14.2. The molecule has 1 aromatic heterocycles. The van der Waals surface area contributed by atoms with Crippen molar-refractivity contribution in [3.8, 4) is 0 Å². The summed E-state index contributed by atoms with van der Waals surface area (Å²) in [7, 11) is 0. The Hall–Kier alpha value is -0.830. The zero-order valence-electron chi connectivity index (χ0n) is 10.1. The van der Waals surface area contributed by atoms with E-state index in [0.717, 1.165) is 19.4 Å². The minimum absolute atomic E-state index is 0.198. The van der Waals surface area contributed by atoms with Crippen LogP contribution >= 0.6 is 11.6 Å². The van der Waals surface area contributed by atoms with E-state index >= 15 is 0 Å². The van der Waals surface area contributed by atoms with Crippen LogP contribution < -0.4 is 4.90 Å². The van der Waals surface area contributed by atoms with Gasteiger partial charge in [0.25, 0.3) is 0 Å². The summed E-state index contributed by atoms with van der Waals surface area (Å²) in [6.07, 6.45) is 6.39. The summed E-state index contributed by atoms with van der Waals surface area (Å²) < 4.78 is 14.2. The van der Waals surface area contributed by atoms with Crippen molar-refractivity contribution in [2.45, 2.75) is 44.5 Å². The first-order valence-electron chi connectivity index (χ1n) is 6.24. The van der Waals surface area contributed by atoms with Crippen molar-refractivity contribution < 1.29 is 4.39 Å². The smallest absolute Gasteiger partial charge is 0.170 e. The SMILES string of the molecule is CCN(c1nccc(CCl)c1F)C1CCCC1. The van der Waals surface area contributed by atoms with Crippen molar-refractivity contribution in [3.63, 3.8) is 0 Å². The summed E-state index contributed by atoms with van der Waals surface area (Å²) >= 11 is 5.73. The van der Waals surface area contributed by atoms with Gasteiger partial charge < -0.3 is 4.90 Å². The number of anilines is 1. The lowest BCUT2D eigenvalue weighted by molar-refractivity contribution is 0.563. The molecule has 0 radical (unpaired) electrons. The standard InChI is InChI=1S/C13H18ClFN2/c1-2-17(11-5-3-4-6-11)13-12(15)10(9-14)7-8-16-13/h7-8,11H,2-6,9H2,1H3. The molecule has 17 heavy (non-hydrogen) atoms. The molecule has 1 aliphatic rings. The van der Waals surface area contributed by atoms with E-state index in [1.165, 1.54) is 12.8 Å². The fourth-order valence-corrected chi connectivity index (χ4v) is 2.78. The number of halogens is 2. The summed E-state index contributed by atoms with van der Waals surface area (Å²) in [5.41, 5.74) is 0.535. The van der Waals surface area contributed by atoms with Gasteiger partial charge in [0.05, 0.1) is 5.88 Å². The number of hydrogen-bond acceptors (Lipinski definition) is 2. The van der Waals surface area contributed by atoms with Gasteiger partial charge in [-0.05, 0) is 25.8 Å². The monoisotopic (exact) mass is 256 g/mol. The van der Waals surface area contributed by atoms with Crippen molar-refractivity contribution in [3.05, 3.63) is 23.6 Å². The number of alkyl halides is 1. The Labute approximate surface area is 107 Å². The van der Waals surface area contributed by atoms with Crippen LogP contribution in [-0.2, 0) is 5.88 Å². The van der Waals surface area contributed by atoms with E-state index in [1.54, 1.807) is 12.3 Å². The second kappa shape index (κ2) is 5.67. The van der Waals surface area contributed by atoms with Gasteiger partial charge >= 0.3 is 0 Å². The van der Waals surface area contributed by atoms with Crippen LogP contribution in [0.5, 0.6) is 0 Å². The van der Waals surface area contributed by atoms with Gasteiger partial charge in [-0.1, -0.05) is 12.8 Å². The highest BCUT2D eigenvalue weighted by molar-refractivity contribution is 6.17. The average molecular weight is 257 g/mol. The Bertz CT molecular complexity index is 378. The van der Waals surface area contributed by atoms with Crippen LogP contribution in [0.1, 0.15) is 38.2 Å². The van der Waals surface area contributed by atoms with Gasteiger partial charge in [-0.15, -0.1) is 11.6 Å². The quantitative estimate of drug-likeness (QED) is 0.763. The molecule has 0 unspecified atom stereocenters. The fourth-order valence-electron chi connectivity index (χ4n) is 2.57. The van der Waals surface area contributed by atoms with Gasteiger partial charge in [0, 0.05) is 24.3 Å². The molecule has 0 N–H and O–H groups in total. The van der Waals surface area contributed by atoms with Crippen LogP contribution in [0.2, 0.25) is 0 Å². The lowest BCUT2D eigenvalue weighted by atomic mass is 10.2. The van der Waals surface area contributed by atoms with Crippen molar-refractivity contribution in [1.29, 1.82) is 0 Å². The molecule has 0 spiro atoms. The molecule has 1 aromatic rings. The van der Waals surface area contributed by atoms with E-state index < -0.39 is 0 Å². The molecule has 0 atom stereocenters. The molecular weight excluding hydrogens is 239 g/mol. The van der Waals surface area contributed by atoms with Gasteiger partial charge in [-0.25, -0.2) is 9.37 Å². The van der Waals surface area contributed by atoms with E-state index in [2.05, 4.69) is 9.88 Å². The minimum atomic E-state index is -0.253. The molecule has 1 heterocycles. The Balaban J connectivity index is 2.29. The van der Waals surface area contributed by atoms with Crippen LogP contribution in [0.15, 0.2) is 12.3 Å². The van der Waals surface area contributed by atoms with Gasteiger partial charge in [0.1, 0.15) is 0 Å². The summed E-state index contributed by atoms with van der Waals surface area (Å²) in [6.45, 7) is 2.84. The van der Waals surface area contributed by atoms with Gasteiger partial charge in [-0.2, -0.15) is 0 Å². The summed E-state index contributed by atoms with van der Waals surface area (Å²) in [6, 6.07) is 2.08. The Morgan fingerprint density at radius 3 is 2.76 bits per heavy atom. The Morgan fingerprint density at radius 1 is 1.47 bits per heavy atom. The van der Waals surface area contributed by atoms with Crippen molar-refractivity contribution in [1.82, 2.24) is 4.98 Å². The third-order valence-corrected chi connectivity index (χ3v) is 3.76. The topological polar surface area (TPSA) is 16.1 Å². The molecule has 1 fully saturated rings. The number of pyridine rings is 1. The molecule has 1 aliphatic carbocycles. The molecule has 2 rings (SSSR count). The van der Waals surface area contributed by atoms with Crippen molar-refractivity contribution >= 4 is 17.4 Å². The number of aromatic nitrogens is 1.